The van der Waals surface area contributed by atoms with E-state index < -0.39 is 12.4 Å². The highest BCUT2D eigenvalue weighted by molar-refractivity contribution is 5.47. The van der Waals surface area contributed by atoms with Gasteiger partial charge in [0.2, 0.25) is 0 Å². The number of rotatable bonds is 4. The quantitative estimate of drug-likeness (QED) is 0.821. The summed E-state index contributed by atoms with van der Waals surface area (Å²) in [5.41, 5.74) is 2.12. The lowest BCUT2D eigenvalue weighted by atomic mass is 10.1. The fraction of sp³-hybridized carbons (Fsp3) is 0.333. The molecule has 0 aliphatic carbocycles. The lowest BCUT2D eigenvalue weighted by Crippen LogP contribution is -2.08. The van der Waals surface area contributed by atoms with Crippen LogP contribution in [-0.2, 0) is 6.42 Å². The molecule has 0 unspecified atom stereocenters. The van der Waals surface area contributed by atoms with E-state index in [1.807, 2.05) is 43.3 Å². The summed E-state index contributed by atoms with van der Waals surface area (Å²) in [6.45, 7) is -0.520. The second-order valence-electron chi connectivity index (χ2n) is 3.58. The summed E-state index contributed by atoms with van der Waals surface area (Å²) in [7, 11) is 3.92. The van der Waals surface area contributed by atoms with Crippen molar-refractivity contribution in [2.24, 2.45) is 0 Å². The molecule has 0 saturated carbocycles. The van der Waals surface area contributed by atoms with Crippen molar-refractivity contribution in [1.82, 2.24) is 0 Å². The Morgan fingerprint density at radius 3 is 2.80 bits per heavy atom. The molecule has 15 heavy (non-hydrogen) atoms. The fourth-order valence-corrected chi connectivity index (χ4v) is 1.25. The molecule has 0 atom stereocenters. The fourth-order valence-electron chi connectivity index (χ4n) is 1.25. The van der Waals surface area contributed by atoms with Crippen LogP contribution in [0.1, 0.15) is 5.56 Å². The van der Waals surface area contributed by atoms with Crippen LogP contribution in [0.3, 0.4) is 0 Å². The predicted molar refractivity (Wildman–Crippen MR) is 60.7 cm³/mol. The van der Waals surface area contributed by atoms with Crippen molar-refractivity contribution < 1.29 is 9.50 Å². The maximum Gasteiger partial charge on any atom is 0.122 e. The van der Waals surface area contributed by atoms with Gasteiger partial charge in [-0.05, 0) is 30.2 Å². The second kappa shape index (κ2) is 5.51. The van der Waals surface area contributed by atoms with Gasteiger partial charge in [-0.3, -0.25) is 0 Å². The van der Waals surface area contributed by atoms with Gasteiger partial charge in [0.05, 0.1) is 6.61 Å². The predicted octanol–water partition coefficient (Wildman–Crippen LogP) is 2.14. The Morgan fingerprint density at radius 2 is 2.20 bits per heavy atom. The van der Waals surface area contributed by atoms with Gasteiger partial charge in [0.15, 0.2) is 0 Å². The average molecular weight is 209 g/mol. The van der Waals surface area contributed by atoms with Gasteiger partial charge in [0.25, 0.3) is 0 Å². The van der Waals surface area contributed by atoms with E-state index in [0.717, 1.165) is 11.3 Å². The van der Waals surface area contributed by atoms with Crippen molar-refractivity contribution in [3.8, 4) is 0 Å². The summed E-state index contributed by atoms with van der Waals surface area (Å²) in [6, 6.07) is 7.88. The van der Waals surface area contributed by atoms with Gasteiger partial charge in [-0.25, -0.2) is 4.39 Å². The molecule has 0 heterocycles. The number of halogens is 1. The van der Waals surface area contributed by atoms with E-state index in [1.165, 1.54) is 6.08 Å². The van der Waals surface area contributed by atoms with Crippen LogP contribution in [0.4, 0.5) is 10.1 Å². The van der Waals surface area contributed by atoms with Gasteiger partial charge in [-0.1, -0.05) is 12.1 Å². The maximum atomic E-state index is 12.7. The highest BCUT2D eigenvalue weighted by atomic mass is 19.1. The van der Waals surface area contributed by atoms with E-state index in [9.17, 15) is 4.39 Å². The van der Waals surface area contributed by atoms with Crippen LogP contribution >= 0.6 is 0 Å². The molecule has 0 aliphatic heterocycles. The van der Waals surface area contributed by atoms with E-state index in [1.54, 1.807) is 0 Å². The Kier molecular flexibility index (Phi) is 4.31. The number of anilines is 1. The first-order valence-corrected chi connectivity index (χ1v) is 4.85. The zero-order valence-electron chi connectivity index (χ0n) is 9.07. The number of benzene rings is 1. The smallest absolute Gasteiger partial charge is 0.122 e. The molecule has 1 rings (SSSR count). The molecular formula is C12H16FNO. The molecule has 0 bridgehead atoms. The van der Waals surface area contributed by atoms with Crippen molar-refractivity contribution in [1.29, 1.82) is 0 Å². The molecule has 1 N–H and O–H groups in total. The van der Waals surface area contributed by atoms with Crippen LogP contribution in [0.25, 0.3) is 0 Å². The number of allylic oxidation sites excluding steroid dienone is 1. The van der Waals surface area contributed by atoms with Crippen molar-refractivity contribution in [3.63, 3.8) is 0 Å². The molecule has 0 spiro atoms. The summed E-state index contributed by atoms with van der Waals surface area (Å²) in [4.78, 5) is 2.00. The Balaban J connectivity index is 2.74. The Morgan fingerprint density at radius 1 is 1.47 bits per heavy atom. The molecular weight excluding hydrogens is 193 g/mol. The highest BCUT2D eigenvalue weighted by Crippen LogP contribution is 2.14. The van der Waals surface area contributed by atoms with Crippen LogP contribution in [0.15, 0.2) is 36.2 Å². The van der Waals surface area contributed by atoms with Gasteiger partial charge in [-0.2, -0.15) is 0 Å². The molecule has 2 nitrogen and oxygen atoms in total. The van der Waals surface area contributed by atoms with E-state index in [4.69, 9.17) is 5.11 Å². The van der Waals surface area contributed by atoms with Crippen molar-refractivity contribution >= 4 is 5.69 Å². The lowest BCUT2D eigenvalue weighted by molar-refractivity contribution is 0.297. The van der Waals surface area contributed by atoms with E-state index in [-0.39, 0.29) is 0 Å². The standard InChI is InChI=1S/C12H16FNO/c1-14(2)12-5-3-4-10(8-12)6-7-11(13)9-15/h3-5,7-8,15H,6,9H2,1-2H3/b11-7-. The molecule has 1 aromatic rings. The molecule has 3 heteroatoms. The molecule has 0 radical (unpaired) electrons. The first-order chi connectivity index (χ1) is 7.13. The second-order valence-corrected chi connectivity index (χ2v) is 3.58. The zero-order chi connectivity index (χ0) is 11.3. The van der Waals surface area contributed by atoms with Gasteiger partial charge in [0, 0.05) is 19.8 Å². The lowest BCUT2D eigenvalue weighted by Gasteiger charge is -2.12. The minimum Gasteiger partial charge on any atom is -0.389 e. The van der Waals surface area contributed by atoms with Crippen LogP contribution in [0.5, 0.6) is 0 Å². The van der Waals surface area contributed by atoms with Crippen LogP contribution in [0, 0.1) is 0 Å². The number of hydrogen-bond acceptors (Lipinski definition) is 2. The molecule has 1 aromatic carbocycles. The normalized spacial score (nSPS) is 11.6. The monoisotopic (exact) mass is 209 g/mol. The van der Waals surface area contributed by atoms with E-state index >= 15 is 0 Å². The summed E-state index contributed by atoms with van der Waals surface area (Å²) < 4.78 is 12.7. The van der Waals surface area contributed by atoms with Crippen LogP contribution in [0.2, 0.25) is 0 Å². The van der Waals surface area contributed by atoms with Crippen molar-refractivity contribution in [2.75, 3.05) is 25.6 Å². The number of aliphatic hydroxyl groups is 1. The average Bonchev–Trinajstić information content (AvgIpc) is 2.26. The summed E-state index contributed by atoms with van der Waals surface area (Å²) >= 11 is 0. The minimum atomic E-state index is -0.520. The van der Waals surface area contributed by atoms with Gasteiger partial charge in [-0.15, -0.1) is 0 Å². The summed E-state index contributed by atoms with van der Waals surface area (Å²) in [5, 5.41) is 8.50. The summed E-state index contributed by atoms with van der Waals surface area (Å²) in [6.07, 6.45) is 1.91. The molecule has 0 saturated heterocycles. The maximum absolute atomic E-state index is 12.7. The van der Waals surface area contributed by atoms with Crippen molar-refractivity contribution in [3.05, 3.63) is 41.7 Å². The minimum absolute atomic E-state index is 0.481. The third kappa shape index (κ3) is 3.72. The van der Waals surface area contributed by atoms with E-state index in [2.05, 4.69) is 0 Å². The zero-order valence-corrected chi connectivity index (χ0v) is 9.07. The van der Waals surface area contributed by atoms with Crippen molar-refractivity contribution in [2.45, 2.75) is 6.42 Å². The topological polar surface area (TPSA) is 23.5 Å². The van der Waals surface area contributed by atoms with Gasteiger partial charge in [0.1, 0.15) is 5.83 Å². The Labute approximate surface area is 89.7 Å². The highest BCUT2D eigenvalue weighted by Gasteiger charge is 1.97. The third-order valence-electron chi connectivity index (χ3n) is 2.14. The van der Waals surface area contributed by atoms with Gasteiger partial charge >= 0.3 is 0 Å². The summed E-state index contributed by atoms with van der Waals surface area (Å²) in [5.74, 6) is -0.481. The first kappa shape index (κ1) is 11.7. The molecule has 82 valence electrons. The third-order valence-corrected chi connectivity index (χ3v) is 2.14. The molecule has 0 fully saturated rings. The molecule has 0 aliphatic rings. The molecule has 0 amide bonds. The Hall–Kier alpha value is -1.35. The van der Waals surface area contributed by atoms with Crippen LogP contribution < -0.4 is 4.90 Å². The Bertz CT molecular complexity index is 347. The van der Waals surface area contributed by atoms with Crippen LogP contribution in [-0.4, -0.2) is 25.8 Å². The van der Waals surface area contributed by atoms with Gasteiger partial charge < -0.3 is 10.0 Å². The molecule has 0 aromatic heterocycles. The largest absolute Gasteiger partial charge is 0.389 e. The number of aliphatic hydroxyl groups excluding tert-OH is 1. The number of nitrogens with zero attached hydrogens (tertiary/aromatic N) is 1. The number of hydrogen-bond donors (Lipinski definition) is 1. The first-order valence-electron chi connectivity index (χ1n) is 4.85. The van der Waals surface area contributed by atoms with E-state index in [0.29, 0.717) is 6.42 Å². The SMILES string of the molecule is CN(C)c1cccc(C/C=C(\F)CO)c1.